The summed E-state index contributed by atoms with van der Waals surface area (Å²) in [6.07, 6.45) is 0. The average Bonchev–Trinajstić information content (AvgIpc) is 2.78. The summed E-state index contributed by atoms with van der Waals surface area (Å²) >= 11 is 0.972. The molecule has 1 aliphatic rings. The quantitative estimate of drug-likeness (QED) is 0.777. The topological polar surface area (TPSA) is 95.5 Å². The minimum atomic E-state index is -1.25. The van der Waals surface area contributed by atoms with Crippen LogP contribution in [0.25, 0.3) is 0 Å². The first-order chi connectivity index (χ1) is 8.97. The van der Waals surface area contributed by atoms with Crippen molar-refractivity contribution in [3.63, 3.8) is 0 Å². The van der Waals surface area contributed by atoms with E-state index in [2.05, 4.69) is 10.6 Å². The van der Waals surface area contributed by atoms with Crippen molar-refractivity contribution in [3.8, 4) is 0 Å². The van der Waals surface area contributed by atoms with Gasteiger partial charge in [-0.1, -0.05) is 11.8 Å². The zero-order valence-corrected chi connectivity index (χ0v) is 10.3. The van der Waals surface area contributed by atoms with Crippen LogP contribution < -0.4 is 10.6 Å². The van der Waals surface area contributed by atoms with Gasteiger partial charge in [0, 0.05) is 5.75 Å². The molecule has 1 aliphatic heterocycles. The summed E-state index contributed by atoms with van der Waals surface area (Å²) < 4.78 is 13.6. The number of benzene rings is 1. The molecule has 100 valence electrons. The molecule has 1 unspecified atom stereocenters. The van der Waals surface area contributed by atoms with Crippen molar-refractivity contribution in [2.75, 3.05) is 11.1 Å². The monoisotopic (exact) mass is 284 g/mol. The van der Waals surface area contributed by atoms with Crippen LogP contribution in [0.1, 0.15) is 10.4 Å². The fourth-order valence-electron chi connectivity index (χ4n) is 1.50. The van der Waals surface area contributed by atoms with Gasteiger partial charge in [-0.05, 0) is 18.2 Å². The molecule has 0 aliphatic carbocycles. The van der Waals surface area contributed by atoms with Crippen molar-refractivity contribution in [2.45, 2.75) is 6.04 Å². The number of carboxylic acid groups (broad SMARTS) is 1. The molecule has 8 heteroatoms. The number of hydrogen-bond donors (Lipinski definition) is 3. The molecule has 0 spiro atoms. The van der Waals surface area contributed by atoms with E-state index in [1.165, 1.54) is 12.1 Å². The van der Waals surface area contributed by atoms with Crippen LogP contribution in [0.4, 0.5) is 14.9 Å². The minimum Gasteiger partial charge on any atom is -0.478 e. The Balaban J connectivity index is 2.09. The van der Waals surface area contributed by atoms with Crippen LogP contribution in [0.15, 0.2) is 18.2 Å². The molecule has 6 nitrogen and oxygen atoms in total. The summed E-state index contributed by atoms with van der Waals surface area (Å²) in [4.78, 5) is 33.3. The van der Waals surface area contributed by atoms with Crippen LogP contribution in [0, 0.1) is 5.82 Å². The Morgan fingerprint density at radius 3 is 2.74 bits per heavy atom. The molecule has 19 heavy (non-hydrogen) atoms. The number of aromatic carboxylic acids is 1. The maximum Gasteiger partial charge on any atom is 0.335 e. The number of nitrogens with one attached hydrogen (secondary N) is 2. The lowest BCUT2D eigenvalue weighted by Gasteiger charge is -2.11. The summed E-state index contributed by atoms with van der Waals surface area (Å²) in [5.41, 5.74) is -0.332. The Bertz CT molecular complexity index is 564. The Morgan fingerprint density at radius 2 is 2.21 bits per heavy atom. The number of anilines is 1. The molecule has 1 saturated heterocycles. The van der Waals surface area contributed by atoms with E-state index in [4.69, 9.17) is 5.11 Å². The Kier molecular flexibility index (Phi) is 3.70. The second kappa shape index (κ2) is 5.27. The van der Waals surface area contributed by atoms with Gasteiger partial charge in [-0.15, -0.1) is 0 Å². The van der Waals surface area contributed by atoms with E-state index in [9.17, 15) is 18.8 Å². The zero-order valence-electron chi connectivity index (χ0n) is 9.47. The number of carbonyl (C=O) groups excluding carboxylic acids is 2. The lowest BCUT2D eigenvalue weighted by atomic mass is 10.2. The third kappa shape index (κ3) is 3.02. The standard InChI is InChI=1S/C11H9FN2O4S/c12-6-3-5(10(16)17)1-2-7(6)13-9(15)8-4-19-11(18)14-8/h1-3,8H,4H2,(H,13,15)(H,14,18)(H,16,17). The molecule has 1 aromatic carbocycles. The lowest BCUT2D eigenvalue weighted by Crippen LogP contribution is -2.38. The average molecular weight is 284 g/mol. The first-order valence-electron chi connectivity index (χ1n) is 5.24. The molecule has 0 bridgehead atoms. The van der Waals surface area contributed by atoms with E-state index >= 15 is 0 Å². The smallest absolute Gasteiger partial charge is 0.335 e. The molecule has 2 amide bonds. The minimum absolute atomic E-state index is 0.124. The number of halogens is 1. The lowest BCUT2D eigenvalue weighted by molar-refractivity contribution is -0.117. The van der Waals surface area contributed by atoms with E-state index in [-0.39, 0.29) is 22.2 Å². The fourth-order valence-corrected chi connectivity index (χ4v) is 2.27. The van der Waals surface area contributed by atoms with Gasteiger partial charge in [0.05, 0.1) is 11.3 Å². The van der Waals surface area contributed by atoms with Crippen molar-refractivity contribution >= 4 is 34.6 Å². The van der Waals surface area contributed by atoms with Crippen LogP contribution in [0.5, 0.6) is 0 Å². The van der Waals surface area contributed by atoms with E-state index in [1.807, 2.05) is 0 Å². The molecule has 3 N–H and O–H groups in total. The van der Waals surface area contributed by atoms with Gasteiger partial charge in [0.15, 0.2) is 0 Å². The highest BCUT2D eigenvalue weighted by atomic mass is 32.2. The maximum atomic E-state index is 13.6. The van der Waals surface area contributed by atoms with Gasteiger partial charge in [-0.3, -0.25) is 9.59 Å². The normalized spacial score (nSPS) is 17.9. The largest absolute Gasteiger partial charge is 0.478 e. The predicted molar refractivity (Wildman–Crippen MR) is 66.8 cm³/mol. The fraction of sp³-hybridized carbons (Fsp3) is 0.182. The van der Waals surface area contributed by atoms with Crippen LogP contribution in [0.3, 0.4) is 0 Å². The van der Waals surface area contributed by atoms with Gasteiger partial charge in [0.1, 0.15) is 11.9 Å². The highest BCUT2D eigenvalue weighted by molar-refractivity contribution is 8.14. The molecular weight excluding hydrogens is 275 g/mol. The van der Waals surface area contributed by atoms with Gasteiger partial charge >= 0.3 is 5.97 Å². The van der Waals surface area contributed by atoms with E-state index in [1.54, 1.807) is 0 Å². The summed E-state index contributed by atoms with van der Waals surface area (Å²) in [7, 11) is 0. The number of carboxylic acids is 1. The number of carbonyl (C=O) groups is 3. The van der Waals surface area contributed by atoms with Crippen LogP contribution in [-0.2, 0) is 4.79 Å². The summed E-state index contributed by atoms with van der Waals surface area (Å²) in [5.74, 6) is -2.36. The third-order valence-electron chi connectivity index (χ3n) is 2.46. The molecule has 1 atom stereocenters. The molecule has 0 aromatic heterocycles. The van der Waals surface area contributed by atoms with E-state index in [0.29, 0.717) is 0 Å². The van der Waals surface area contributed by atoms with Crippen LogP contribution in [0.2, 0.25) is 0 Å². The summed E-state index contributed by atoms with van der Waals surface area (Å²) in [5, 5.41) is 13.1. The van der Waals surface area contributed by atoms with Gasteiger partial charge in [0.25, 0.3) is 5.24 Å². The van der Waals surface area contributed by atoms with E-state index in [0.717, 1.165) is 17.8 Å². The second-order valence-electron chi connectivity index (χ2n) is 3.78. The molecule has 0 saturated carbocycles. The Hall–Kier alpha value is -2.09. The van der Waals surface area contributed by atoms with Crippen molar-refractivity contribution in [1.82, 2.24) is 5.32 Å². The van der Waals surface area contributed by atoms with Gasteiger partial charge in [-0.2, -0.15) is 0 Å². The second-order valence-corrected chi connectivity index (χ2v) is 4.78. The van der Waals surface area contributed by atoms with Crippen LogP contribution >= 0.6 is 11.8 Å². The van der Waals surface area contributed by atoms with Gasteiger partial charge < -0.3 is 15.7 Å². The third-order valence-corrected chi connectivity index (χ3v) is 3.34. The van der Waals surface area contributed by atoms with Gasteiger partial charge in [0.2, 0.25) is 5.91 Å². The van der Waals surface area contributed by atoms with Crippen molar-refractivity contribution < 1.29 is 23.9 Å². The Labute approximate surface area is 111 Å². The Morgan fingerprint density at radius 1 is 1.47 bits per heavy atom. The SMILES string of the molecule is O=C1NC(C(=O)Nc2ccc(C(=O)O)cc2F)CS1. The molecule has 1 aromatic rings. The molecule has 2 rings (SSSR count). The first kappa shape index (κ1) is 13.3. The van der Waals surface area contributed by atoms with Crippen LogP contribution in [-0.4, -0.2) is 34.0 Å². The summed E-state index contributed by atoms with van der Waals surface area (Å²) in [6.45, 7) is 0. The zero-order chi connectivity index (χ0) is 14.0. The van der Waals surface area contributed by atoms with E-state index < -0.39 is 23.7 Å². The number of thioether (sulfide) groups is 1. The summed E-state index contributed by atoms with van der Waals surface area (Å²) in [6, 6.07) is 2.46. The van der Waals surface area contributed by atoms with Crippen molar-refractivity contribution in [2.24, 2.45) is 0 Å². The molecule has 1 fully saturated rings. The van der Waals surface area contributed by atoms with Crippen molar-refractivity contribution in [3.05, 3.63) is 29.6 Å². The molecule has 0 radical (unpaired) electrons. The number of rotatable bonds is 3. The van der Waals surface area contributed by atoms with Crippen molar-refractivity contribution in [1.29, 1.82) is 0 Å². The highest BCUT2D eigenvalue weighted by Gasteiger charge is 2.28. The number of amides is 2. The number of hydrogen-bond acceptors (Lipinski definition) is 4. The molecule has 1 heterocycles. The first-order valence-corrected chi connectivity index (χ1v) is 6.23. The maximum absolute atomic E-state index is 13.6. The predicted octanol–water partition coefficient (Wildman–Crippen LogP) is 1.29. The molecular formula is C11H9FN2O4S. The highest BCUT2D eigenvalue weighted by Crippen LogP contribution is 2.18. The van der Waals surface area contributed by atoms with Gasteiger partial charge in [-0.25, -0.2) is 9.18 Å².